The largest absolute Gasteiger partial charge is 0.300 e. The number of Topliss-reactive ketones (excluding diaryl/α,β-unsaturated/α-hetero) is 1. The Balaban J connectivity index is 1.43. The first-order valence-corrected chi connectivity index (χ1v) is 14.6. The molecule has 1 heteroatoms. The molecule has 4 fully saturated rings. The summed E-state index contributed by atoms with van der Waals surface area (Å²) in [6.07, 6.45) is 16.9. The van der Waals surface area contributed by atoms with Crippen molar-refractivity contribution in [3.63, 3.8) is 0 Å². The molecule has 0 aliphatic heterocycles. The van der Waals surface area contributed by atoms with E-state index in [0.717, 1.165) is 47.8 Å². The smallest absolute Gasteiger partial charge is 0.130 e. The van der Waals surface area contributed by atoms with Crippen LogP contribution < -0.4 is 0 Å². The molecule has 32 heavy (non-hydrogen) atoms. The zero-order valence-corrected chi connectivity index (χ0v) is 22.6. The summed E-state index contributed by atoms with van der Waals surface area (Å²) in [6, 6.07) is 0. The molecular formula is C31H54O. The maximum Gasteiger partial charge on any atom is 0.130 e. The van der Waals surface area contributed by atoms with Crippen LogP contribution in [0.15, 0.2) is 0 Å². The molecule has 0 aromatic rings. The van der Waals surface area contributed by atoms with Gasteiger partial charge in [0.25, 0.3) is 0 Å². The summed E-state index contributed by atoms with van der Waals surface area (Å²) in [7, 11) is 0. The van der Waals surface area contributed by atoms with E-state index < -0.39 is 0 Å². The van der Waals surface area contributed by atoms with E-state index in [1.807, 2.05) is 0 Å². The van der Waals surface area contributed by atoms with E-state index in [1.54, 1.807) is 6.92 Å². The Hall–Kier alpha value is -0.330. The monoisotopic (exact) mass is 442 g/mol. The van der Waals surface area contributed by atoms with Crippen LogP contribution in [0.1, 0.15) is 126 Å². The number of hydrogen-bond acceptors (Lipinski definition) is 1. The van der Waals surface area contributed by atoms with Crippen molar-refractivity contribution >= 4 is 5.78 Å². The van der Waals surface area contributed by atoms with E-state index in [-0.39, 0.29) is 0 Å². The van der Waals surface area contributed by atoms with Gasteiger partial charge in [-0.15, -0.1) is 0 Å². The van der Waals surface area contributed by atoms with E-state index in [2.05, 4.69) is 41.5 Å². The fourth-order valence-corrected chi connectivity index (χ4v) is 10.2. The minimum atomic E-state index is 0.378. The first-order chi connectivity index (χ1) is 15.1. The minimum Gasteiger partial charge on any atom is -0.300 e. The van der Waals surface area contributed by atoms with Crippen LogP contribution in [0.4, 0.5) is 0 Å². The molecular weight excluding hydrogens is 388 g/mol. The molecule has 0 aromatic heterocycles. The zero-order chi connectivity index (χ0) is 23.3. The summed E-state index contributed by atoms with van der Waals surface area (Å²) in [5, 5.41) is 0. The Morgan fingerprint density at radius 2 is 1.56 bits per heavy atom. The molecule has 0 saturated heterocycles. The van der Waals surface area contributed by atoms with Gasteiger partial charge in [0.1, 0.15) is 5.78 Å². The average molecular weight is 443 g/mol. The number of fused-ring (bicyclic) bond motifs is 5. The Morgan fingerprint density at radius 1 is 0.875 bits per heavy atom. The summed E-state index contributed by atoms with van der Waals surface area (Å²) in [5.41, 5.74) is 1.23. The standard InChI is InChI=1S/C31H54O/c1-20(2)24(19-23(5)32)9-8-22(4)27-12-13-28-26-11-10-25-18-21(3)14-16-30(25,6)29(26)15-17-31(27,28)7/h20-22,24-29H,8-19H2,1-7H3. The van der Waals surface area contributed by atoms with Gasteiger partial charge in [0.2, 0.25) is 0 Å². The van der Waals surface area contributed by atoms with E-state index in [0.29, 0.717) is 28.4 Å². The molecule has 0 bridgehead atoms. The highest BCUT2D eigenvalue weighted by Crippen LogP contribution is 2.68. The molecule has 0 spiro atoms. The summed E-state index contributed by atoms with van der Waals surface area (Å²) < 4.78 is 0. The second-order valence-corrected chi connectivity index (χ2v) is 14.2. The van der Waals surface area contributed by atoms with Crippen molar-refractivity contribution in [2.45, 2.75) is 126 Å². The van der Waals surface area contributed by atoms with E-state index in [9.17, 15) is 4.79 Å². The van der Waals surface area contributed by atoms with Gasteiger partial charge in [-0.2, -0.15) is 0 Å². The third kappa shape index (κ3) is 4.37. The maximum atomic E-state index is 11.8. The first-order valence-electron chi connectivity index (χ1n) is 14.6. The molecule has 10 unspecified atom stereocenters. The van der Waals surface area contributed by atoms with Gasteiger partial charge in [-0.1, -0.05) is 54.4 Å². The topological polar surface area (TPSA) is 17.1 Å². The van der Waals surface area contributed by atoms with Gasteiger partial charge in [0.15, 0.2) is 0 Å². The lowest BCUT2D eigenvalue weighted by atomic mass is 9.44. The summed E-state index contributed by atoms with van der Waals surface area (Å²) in [6.45, 7) is 16.9. The van der Waals surface area contributed by atoms with Crippen molar-refractivity contribution in [2.24, 2.45) is 64.1 Å². The Bertz CT molecular complexity index is 665. The highest BCUT2D eigenvalue weighted by Gasteiger charge is 2.60. The molecule has 4 aliphatic rings. The van der Waals surface area contributed by atoms with Crippen LogP contribution in [0.3, 0.4) is 0 Å². The zero-order valence-electron chi connectivity index (χ0n) is 22.6. The molecule has 184 valence electrons. The van der Waals surface area contributed by atoms with Gasteiger partial charge in [-0.3, -0.25) is 0 Å². The molecule has 4 saturated carbocycles. The average Bonchev–Trinajstić information content (AvgIpc) is 3.08. The molecule has 10 atom stereocenters. The molecule has 0 amide bonds. The van der Waals surface area contributed by atoms with Gasteiger partial charge >= 0.3 is 0 Å². The van der Waals surface area contributed by atoms with Crippen LogP contribution in [0, 0.1) is 64.1 Å². The van der Waals surface area contributed by atoms with E-state index in [4.69, 9.17) is 0 Å². The minimum absolute atomic E-state index is 0.378. The van der Waals surface area contributed by atoms with Crippen LogP contribution in [-0.2, 0) is 4.79 Å². The van der Waals surface area contributed by atoms with Gasteiger partial charge in [-0.05, 0) is 129 Å². The highest BCUT2D eigenvalue weighted by atomic mass is 16.1. The van der Waals surface area contributed by atoms with Crippen molar-refractivity contribution in [3.05, 3.63) is 0 Å². The molecule has 0 radical (unpaired) electrons. The maximum absolute atomic E-state index is 11.8. The van der Waals surface area contributed by atoms with Crippen molar-refractivity contribution in [1.29, 1.82) is 0 Å². The predicted octanol–water partition coefficient (Wildman–Crippen LogP) is 8.95. The number of carbonyl (C=O) groups is 1. The lowest BCUT2D eigenvalue weighted by molar-refractivity contribution is -0.120. The quantitative estimate of drug-likeness (QED) is 0.384. The highest BCUT2D eigenvalue weighted by molar-refractivity contribution is 5.75. The van der Waals surface area contributed by atoms with Gasteiger partial charge < -0.3 is 4.79 Å². The van der Waals surface area contributed by atoms with Crippen molar-refractivity contribution in [3.8, 4) is 0 Å². The molecule has 4 aliphatic carbocycles. The molecule has 4 rings (SSSR count). The van der Waals surface area contributed by atoms with E-state index in [1.165, 1.54) is 70.6 Å². The van der Waals surface area contributed by atoms with Crippen molar-refractivity contribution in [1.82, 2.24) is 0 Å². The normalized spacial score (nSPS) is 45.6. The van der Waals surface area contributed by atoms with Gasteiger partial charge in [-0.25, -0.2) is 0 Å². The van der Waals surface area contributed by atoms with Crippen molar-refractivity contribution in [2.75, 3.05) is 0 Å². The molecule has 0 heterocycles. The fourth-order valence-electron chi connectivity index (χ4n) is 10.2. The molecule has 0 N–H and O–H groups in total. The second kappa shape index (κ2) is 9.37. The van der Waals surface area contributed by atoms with Crippen molar-refractivity contribution < 1.29 is 4.79 Å². The summed E-state index contributed by atoms with van der Waals surface area (Å²) in [4.78, 5) is 11.8. The third-order valence-corrected chi connectivity index (χ3v) is 12.2. The molecule has 1 nitrogen and oxygen atoms in total. The number of ketones is 1. The number of carbonyl (C=O) groups excluding carboxylic acids is 1. The number of rotatable bonds is 7. The SMILES string of the molecule is CC(=O)CC(CCC(C)C1CCC2C3CCC4CC(C)CCC4(C)C3CCC12C)C(C)C. The van der Waals surface area contributed by atoms with Gasteiger partial charge in [0.05, 0.1) is 0 Å². The van der Waals surface area contributed by atoms with Crippen LogP contribution in [0.5, 0.6) is 0 Å². The lowest BCUT2D eigenvalue weighted by Gasteiger charge is -2.61. The van der Waals surface area contributed by atoms with Crippen LogP contribution in [-0.4, -0.2) is 5.78 Å². The molecule has 0 aromatic carbocycles. The van der Waals surface area contributed by atoms with Crippen LogP contribution in [0.2, 0.25) is 0 Å². The fraction of sp³-hybridized carbons (Fsp3) is 0.968. The predicted molar refractivity (Wildman–Crippen MR) is 136 cm³/mol. The summed E-state index contributed by atoms with van der Waals surface area (Å²) in [5.74, 6) is 8.32. The van der Waals surface area contributed by atoms with Crippen LogP contribution in [0.25, 0.3) is 0 Å². The second-order valence-electron chi connectivity index (χ2n) is 14.2. The van der Waals surface area contributed by atoms with Crippen LogP contribution >= 0.6 is 0 Å². The lowest BCUT2D eigenvalue weighted by Crippen LogP contribution is -2.53. The van der Waals surface area contributed by atoms with Gasteiger partial charge in [0, 0.05) is 6.42 Å². The van der Waals surface area contributed by atoms with E-state index >= 15 is 0 Å². The Labute approximate surface area is 200 Å². The Kier molecular flexibility index (Phi) is 7.26. The Morgan fingerprint density at radius 3 is 2.25 bits per heavy atom. The first kappa shape index (κ1) is 24.8. The number of hydrogen-bond donors (Lipinski definition) is 0. The summed E-state index contributed by atoms with van der Waals surface area (Å²) >= 11 is 0. The third-order valence-electron chi connectivity index (χ3n) is 12.2.